The zero-order chi connectivity index (χ0) is 31.6. The molecule has 3 aliphatic rings. The summed E-state index contributed by atoms with van der Waals surface area (Å²) < 4.78 is 88.7. The molecule has 3 saturated carbocycles. The quantitative estimate of drug-likeness (QED) is 0.166. The van der Waals surface area contributed by atoms with E-state index in [1.807, 2.05) is 0 Å². The summed E-state index contributed by atoms with van der Waals surface area (Å²) in [6.45, 7) is 1.55. The number of carbonyl (C=O) groups is 1. The van der Waals surface area contributed by atoms with Crippen LogP contribution >= 0.6 is 11.8 Å². The standard InChI is InChI=1S/C28H50F6N6O2S/c29-27(30,31)18-13-21(38-10-8-36)15-22(14-18)42-24-5-3-19(12-17(24)2-1-7-35)39-26(41)40-20-4-6-25(43-11-9-37)23(16-20)28(32,33)34/h17-25,38H,1-16,35-37H2,(H2,39,40,41). The molecule has 8 nitrogen and oxygen atoms in total. The molecular formula is C28H50F6N6O2S. The van der Waals surface area contributed by atoms with Crippen LogP contribution in [0.5, 0.6) is 0 Å². The zero-order valence-corrected chi connectivity index (χ0v) is 25.6. The van der Waals surface area contributed by atoms with Crippen LogP contribution in [-0.2, 0) is 4.74 Å². The number of nitrogens with one attached hydrogen (secondary N) is 3. The first-order chi connectivity index (χ1) is 20.3. The van der Waals surface area contributed by atoms with E-state index >= 15 is 0 Å². The van der Waals surface area contributed by atoms with E-state index in [1.54, 1.807) is 0 Å². The molecule has 0 bridgehead atoms. The summed E-state index contributed by atoms with van der Waals surface area (Å²) in [4.78, 5) is 12.9. The van der Waals surface area contributed by atoms with Gasteiger partial charge in [0.15, 0.2) is 0 Å². The Balaban J connectivity index is 1.55. The predicted octanol–water partition coefficient (Wildman–Crippen LogP) is 4.02. The third-order valence-electron chi connectivity index (χ3n) is 9.09. The highest BCUT2D eigenvalue weighted by Gasteiger charge is 2.48. The van der Waals surface area contributed by atoms with Crippen molar-refractivity contribution in [3.8, 4) is 0 Å². The average molecular weight is 649 g/mol. The van der Waals surface area contributed by atoms with E-state index in [4.69, 9.17) is 21.9 Å². The van der Waals surface area contributed by atoms with Crippen LogP contribution in [0.25, 0.3) is 0 Å². The fourth-order valence-corrected chi connectivity index (χ4v) is 8.27. The number of rotatable bonds is 13. The van der Waals surface area contributed by atoms with Crippen molar-refractivity contribution in [2.24, 2.45) is 35.0 Å². The Bertz CT molecular complexity index is 841. The molecule has 0 radical (unpaired) electrons. The van der Waals surface area contributed by atoms with E-state index in [-0.39, 0.29) is 43.4 Å². The summed E-state index contributed by atoms with van der Waals surface area (Å²) in [6.07, 6.45) is -5.30. The minimum absolute atomic E-state index is 0.00361. The van der Waals surface area contributed by atoms with Gasteiger partial charge in [0, 0.05) is 48.8 Å². The summed E-state index contributed by atoms with van der Waals surface area (Å²) in [5.41, 5.74) is 16.8. The molecule has 0 aromatic heterocycles. The van der Waals surface area contributed by atoms with Crippen molar-refractivity contribution in [1.82, 2.24) is 16.0 Å². The lowest BCUT2D eigenvalue weighted by Crippen LogP contribution is -2.52. The second kappa shape index (κ2) is 17.1. The fourth-order valence-electron chi connectivity index (χ4n) is 7.03. The summed E-state index contributed by atoms with van der Waals surface area (Å²) in [5, 5.41) is 8.27. The van der Waals surface area contributed by atoms with Gasteiger partial charge in [-0.25, -0.2) is 4.79 Å². The molecule has 43 heavy (non-hydrogen) atoms. The lowest BCUT2D eigenvalue weighted by molar-refractivity contribution is -0.200. The minimum atomic E-state index is -4.35. The number of ether oxygens (including phenoxy) is 1. The Labute approximate surface area is 255 Å². The maximum atomic E-state index is 13.7. The lowest BCUT2D eigenvalue weighted by atomic mass is 9.79. The second-order valence-corrected chi connectivity index (χ2v) is 13.7. The van der Waals surface area contributed by atoms with Gasteiger partial charge in [-0.1, -0.05) is 0 Å². The van der Waals surface area contributed by atoms with Gasteiger partial charge in [-0.3, -0.25) is 0 Å². The Kier molecular flexibility index (Phi) is 14.5. The van der Waals surface area contributed by atoms with E-state index in [0.717, 1.165) is 0 Å². The van der Waals surface area contributed by atoms with E-state index in [0.29, 0.717) is 83.3 Å². The first-order valence-electron chi connectivity index (χ1n) is 15.6. The van der Waals surface area contributed by atoms with Gasteiger partial charge in [0.2, 0.25) is 0 Å². The van der Waals surface area contributed by atoms with E-state index < -0.39 is 47.6 Å². The smallest absolute Gasteiger partial charge is 0.375 e. The second-order valence-electron chi connectivity index (χ2n) is 12.4. The number of nitrogens with two attached hydrogens (primary N) is 3. The molecule has 0 aliphatic heterocycles. The highest BCUT2D eigenvalue weighted by atomic mass is 32.2. The van der Waals surface area contributed by atoms with Crippen molar-refractivity contribution in [3.05, 3.63) is 0 Å². The maximum absolute atomic E-state index is 13.7. The van der Waals surface area contributed by atoms with Crippen molar-refractivity contribution < 1.29 is 35.9 Å². The van der Waals surface area contributed by atoms with Gasteiger partial charge in [-0.15, -0.1) is 0 Å². The van der Waals surface area contributed by atoms with Crippen molar-refractivity contribution in [2.45, 2.75) is 119 Å². The SMILES string of the molecule is NCCCC1CC(NC(=O)NC2CCC(SCCN)C(C(F)(F)F)C2)CCC1OC1CC(NCCN)CC(C(F)(F)F)C1. The Morgan fingerprint density at radius 2 is 1.49 bits per heavy atom. The highest BCUT2D eigenvalue weighted by Crippen LogP contribution is 2.43. The molecule has 2 amide bonds. The molecule has 15 heteroatoms. The lowest BCUT2D eigenvalue weighted by Gasteiger charge is -2.42. The molecule has 0 spiro atoms. The molecule has 9 atom stereocenters. The summed E-state index contributed by atoms with van der Waals surface area (Å²) in [5.74, 6) is -2.49. The van der Waals surface area contributed by atoms with Crippen LogP contribution in [0.2, 0.25) is 0 Å². The maximum Gasteiger partial charge on any atom is 0.392 e. The molecule has 3 aliphatic carbocycles. The Hall–Kier alpha value is -1.00. The first kappa shape index (κ1) is 36.5. The Morgan fingerprint density at radius 1 is 0.791 bits per heavy atom. The van der Waals surface area contributed by atoms with Crippen molar-refractivity contribution in [3.63, 3.8) is 0 Å². The number of hydrogen-bond acceptors (Lipinski definition) is 7. The molecule has 9 N–H and O–H groups in total. The van der Waals surface area contributed by atoms with Crippen LogP contribution in [0.3, 0.4) is 0 Å². The molecular weight excluding hydrogens is 598 g/mol. The highest BCUT2D eigenvalue weighted by molar-refractivity contribution is 7.99. The van der Waals surface area contributed by atoms with Crippen LogP contribution in [0, 0.1) is 17.8 Å². The first-order valence-corrected chi connectivity index (χ1v) is 16.7. The van der Waals surface area contributed by atoms with E-state index in [1.165, 1.54) is 11.8 Å². The normalized spacial score (nSPS) is 34.1. The van der Waals surface area contributed by atoms with Crippen LogP contribution in [0.4, 0.5) is 31.1 Å². The molecule has 3 rings (SSSR count). The monoisotopic (exact) mass is 648 g/mol. The molecule has 252 valence electrons. The topological polar surface area (TPSA) is 140 Å². The zero-order valence-electron chi connectivity index (χ0n) is 24.7. The van der Waals surface area contributed by atoms with Crippen molar-refractivity contribution in [2.75, 3.05) is 31.9 Å². The molecule has 0 saturated heterocycles. The number of alkyl halides is 6. The average Bonchev–Trinajstić information content (AvgIpc) is 2.94. The number of hydrogen-bond donors (Lipinski definition) is 6. The van der Waals surface area contributed by atoms with Crippen molar-refractivity contribution in [1.29, 1.82) is 0 Å². The van der Waals surface area contributed by atoms with Crippen LogP contribution in [0.15, 0.2) is 0 Å². The van der Waals surface area contributed by atoms with Crippen LogP contribution < -0.4 is 33.2 Å². The van der Waals surface area contributed by atoms with Gasteiger partial charge in [-0.05, 0) is 83.1 Å². The fraction of sp³-hybridized carbons (Fsp3) is 0.964. The van der Waals surface area contributed by atoms with Gasteiger partial charge >= 0.3 is 18.4 Å². The third kappa shape index (κ3) is 11.7. The van der Waals surface area contributed by atoms with Gasteiger partial charge in [-0.2, -0.15) is 38.1 Å². The molecule has 0 aromatic rings. The summed E-state index contributed by atoms with van der Waals surface area (Å²) >= 11 is 1.25. The van der Waals surface area contributed by atoms with E-state index in [9.17, 15) is 31.1 Å². The Morgan fingerprint density at radius 3 is 2.12 bits per heavy atom. The van der Waals surface area contributed by atoms with Gasteiger partial charge in [0.25, 0.3) is 0 Å². The number of thioether (sulfide) groups is 1. The van der Waals surface area contributed by atoms with E-state index in [2.05, 4.69) is 16.0 Å². The number of carbonyl (C=O) groups excluding carboxylic acids is 1. The summed E-state index contributed by atoms with van der Waals surface area (Å²) in [7, 11) is 0. The van der Waals surface area contributed by atoms with Crippen LogP contribution in [-0.4, -0.2) is 85.9 Å². The molecule has 0 heterocycles. The molecule has 3 fully saturated rings. The van der Waals surface area contributed by atoms with Gasteiger partial charge < -0.3 is 37.9 Å². The number of urea groups is 1. The van der Waals surface area contributed by atoms with Crippen molar-refractivity contribution >= 4 is 17.8 Å². The number of amides is 2. The largest absolute Gasteiger partial charge is 0.392 e. The molecule has 0 aromatic carbocycles. The third-order valence-corrected chi connectivity index (χ3v) is 10.6. The predicted molar refractivity (Wildman–Crippen MR) is 156 cm³/mol. The van der Waals surface area contributed by atoms with Crippen LogP contribution in [0.1, 0.15) is 70.6 Å². The molecule has 9 unspecified atom stereocenters. The summed E-state index contributed by atoms with van der Waals surface area (Å²) in [6, 6.07) is -1.62. The van der Waals surface area contributed by atoms with Gasteiger partial charge in [0.05, 0.1) is 24.0 Å². The minimum Gasteiger partial charge on any atom is -0.375 e. The van der Waals surface area contributed by atoms with Gasteiger partial charge in [0.1, 0.15) is 0 Å². The number of halogens is 6.